The van der Waals surface area contributed by atoms with Crippen LogP contribution in [0.5, 0.6) is 5.75 Å². The van der Waals surface area contributed by atoms with E-state index >= 15 is 0 Å². The van der Waals surface area contributed by atoms with Crippen molar-refractivity contribution in [3.05, 3.63) is 78.0 Å². The average molecular weight is 361 g/mol. The average Bonchev–Trinajstić information content (AvgIpc) is 2.71. The number of amides is 1. The fourth-order valence-electron chi connectivity index (χ4n) is 2.62. The summed E-state index contributed by atoms with van der Waals surface area (Å²) in [6.07, 6.45) is 2.53. The maximum absolute atomic E-state index is 12.4. The topological polar surface area (TPSA) is 63.2 Å². The summed E-state index contributed by atoms with van der Waals surface area (Å²) in [6.45, 7) is 4.63. The summed E-state index contributed by atoms with van der Waals surface area (Å²) in [5, 5.41) is 6.10. The zero-order valence-electron chi connectivity index (χ0n) is 15.5. The van der Waals surface area contributed by atoms with Gasteiger partial charge in [0.1, 0.15) is 11.6 Å². The Morgan fingerprint density at radius 3 is 2.44 bits per heavy atom. The molecule has 5 nitrogen and oxygen atoms in total. The van der Waals surface area contributed by atoms with Crippen molar-refractivity contribution in [2.75, 3.05) is 17.2 Å². The number of aryl methyl sites for hydroxylation is 1. The number of para-hydroxylation sites is 2. The lowest BCUT2D eigenvalue weighted by atomic mass is 10.1. The summed E-state index contributed by atoms with van der Waals surface area (Å²) in [5.74, 6) is 1.22. The van der Waals surface area contributed by atoms with Crippen LogP contribution in [0.1, 0.15) is 29.8 Å². The molecule has 2 N–H and O–H groups in total. The molecule has 3 rings (SSSR count). The van der Waals surface area contributed by atoms with Crippen LogP contribution in [0.4, 0.5) is 17.2 Å². The van der Waals surface area contributed by atoms with Gasteiger partial charge in [0.15, 0.2) is 0 Å². The molecule has 0 aliphatic carbocycles. The number of aromatic nitrogens is 1. The fourth-order valence-corrected chi connectivity index (χ4v) is 2.62. The first-order valence-electron chi connectivity index (χ1n) is 9.04. The third kappa shape index (κ3) is 4.85. The molecular weight excluding hydrogens is 338 g/mol. The van der Waals surface area contributed by atoms with E-state index in [1.54, 1.807) is 18.3 Å². The first kappa shape index (κ1) is 18.5. The van der Waals surface area contributed by atoms with Crippen LogP contribution < -0.4 is 15.4 Å². The number of benzene rings is 2. The third-order valence-electron chi connectivity index (χ3n) is 4.10. The molecule has 0 fully saturated rings. The number of rotatable bonds is 7. The van der Waals surface area contributed by atoms with E-state index in [9.17, 15) is 4.79 Å². The molecule has 3 aromatic rings. The van der Waals surface area contributed by atoms with Crippen LogP contribution in [0.3, 0.4) is 0 Å². The maximum atomic E-state index is 12.4. The smallest absolute Gasteiger partial charge is 0.257 e. The van der Waals surface area contributed by atoms with E-state index in [-0.39, 0.29) is 5.91 Å². The molecule has 0 unspecified atom stereocenters. The van der Waals surface area contributed by atoms with Crippen LogP contribution in [-0.4, -0.2) is 17.5 Å². The minimum atomic E-state index is -0.187. The predicted molar refractivity (Wildman–Crippen MR) is 109 cm³/mol. The second-order valence-electron chi connectivity index (χ2n) is 5.99. The standard InChI is InChI=1S/C22H23N3O2/c1-3-16-9-12-18(13-10-16)24-22(26)17-11-14-21(23-15-17)25-19-7-5-6-8-20(19)27-4-2/h5-15H,3-4H2,1-2H3,(H,23,25)(H,24,26). The van der Waals surface area contributed by atoms with Gasteiger partial charge in [-0.2, -0.15) is 0 Å². The Hall–Kier alpha value is -3.34. The van der Waals surface area contributed by atoms with E-state index in [1.807, 2.05) is 55.5 Å². The first-order valence-corrected chi connectivity index (χ1v) is 9.04. The van der Waals surface area contributed by atoms with Crippen molar-refractivity contribution in [2.24, 2.45) is 0 Å². The number of nitrogens with one attached hydrogen (secondary N) is 2. The third-order valence-corrected chi connectivity index (χ3v) is 4.10. The van der Waals surface area contributed by atoms with E-state index in [4.69, 9.17) is 4.74 Å². The number of pyridine rings is 1. The van der Waals surface area contributed by atoms with Gasteiger partial charge in [0, 0.05) is 11.9 Å². The monoisotopic (exact) mass is 361 g/mol. The predicted octanol–water partition coefficient (Wildman–Crippen LogP) is 5.04. The second-order valence-corrected chi connectivity index (χ2v) is 5.99. The van der Waals surface area contributed by atoms with E-state index in [0.29, 0.717) is 18.0 Å². The van der Waals surface area contributed by atoms with Gasteiger partial charge in [-0.1, -0.05) is 31.2 Å². The number of anilines is 3. The highest BCUT2D eigenvalue weighted by Gasteiger charge is 2.08. The minimum absolute atomic E-state index is 0.187. The zero-order chi connectivity index (χ0) is 19.1. The molecule has 0 saturated carbocycles. The van der Waals surface area contributed by atoms with Crippen LogP contribution in [0.25, 0.3) is 0 Å². The van der Waals surface area contributed by atoms with Crippen molar-refractivity contribution in [1.29, 1.82) is 0 Å². The zero-order valence-corrected chi connectivity index (χ0v) is 15.5. The highest BCUT2D eigenvalue weighted by atomic mass is 16.5. The number of ether oxygens (including phenoxy) is 1. The quantitative estimate of drug-likeness (QED) is 0.619. The van der Waals surface area contributed by atoms with Gasteiger partial charge in [-0.05, 0) is 55.3 Å². The summed E-state index contributed by atoms with van der Waals surface area (Å²) in [4.78, 5) is 16.7. The Morgan fingerprint density at radius 1 is 1.00 bits per heavy atom. The second kappa shape index (κ2) is 8.85. The molecule has 1 aromatic heterocycles. The lowest BCUT2D eigenvalue weighted by Gasteiger charge is -2.12. The summed E-state index contributed by atoms with van der Waals surface area (Å²) >= 11 is 0. The van der Waals surface area contributed by atoms with E-state index in [2.05, 4.69) is 22.5 Å². The fraction of sp³-hybridized carbons (Fsp3) is 0.182. The van der Waals surface area contributed by atoms with Gasteiger partial charge in [-0.25, -0.2) is 4.98 Å². The first-order chi connectivity index (χ1) is 13.2. The summed E-state index contributed by atoms with van der Waals surface area (Å²) in [6, 6.07) is 19.0. The molecule has 0 aliphatic heterocycles. The number of nitrogens with zero attached hydrogens (tertiary/aromatic N) is 1. The molecule has 2 aromatic carbocycles. The SMILES string of the molecule is CCOc1ccccc1Nc1ccc(C(=O)Nc2ccc(CC)cc2)cn1. The van der Waals surface area contributed by atoms with Crippen LogP contribution in [0.15, 0.2) is 66.9 Å². The Morgan fingerprint density at radius 2 is 1.78 bits per heavy atom. The molecule has 0 spiro atoms. The van der Waals surface area contributed by atoms with Gasteiger partial charge in [-0.15, -0.1) is 0 Å². The van der Waals surface area contributed by atoms with Gasteiger partial charge < -0.3 is 15.4 Å². The van der Waals surface area contributed by atoms with E-state index in [1.165, 1.54) is 5.56 Å². The Kier molecular flexibility index (Phi) is 6.05. The van der Waals surface area contributed by atoms with E-state index < -0.39 is 0 Å². The molecule has 1 amide bonds. The normalized spacial score (nSPS) is 10.3. The van der Waals surface area contributed by atoms with Crippen LogP contribution in [-0.2, 0) is 6.42 Å². The van der Waals surface area contributed by atoms with Crippen LogP contribution in [0.2, 0.25) is 0 Å². The van der Waals surface area contributed by atoms with Gasteiger partial charge >= 0.3 is 0 Å². The molecule has 138 valence electrons. The van der Waals surface area contributed by atoms with Gasteiger partial charge in [0.2, 0.25) is 0 Å². The van der Waals surface area contributed by atoms with Gasteiger partial charge in [0.25, 0.3) is 5.91 Å². The van der Waals surface area contributed by atoms with Crippen molar-refractivity contribution in [1.82, 2.24) is 4.98 Å². The lowest BCUT2D eigenvalue weighted by molar-refractivity contribution is 0.102. The molecule has 5 heteroatoms. The number of hydrogen-bond acceptors (Lipinski definition) is 4. The van der Waals surface area contributed by atoms with Gasteiger partial charge in [-0.3, -0.25) is 4.79 Å². The van der Waals surface area contributed by atoms with Crippen molar-refractivity contribution >= 4 is 23.1 Å². The van der Waals surface area contributed by atoms with Crippen LogP contribution >= 0.6 is 0 Å². The van der Waals surface area contributed by atoms with Crippen molar-refractivity contribution in [3.8, 4) is 5.75 Å². The molecule has 27 heavy (non-hydrogen) atoms. The van der Waals surface area contributed by atoms with Gasteiger partial charge in [0.05, 0.1) is 17.9 Å². The minimum Gasteiger partial charge on any atom is -0.492 e. The Bertz CT molecular complexity index is 890. The van der Waals surface area contributed by atoms with Crippen molar-refractivity contribution in [2.45, 2.75) is 20.3 Å². The number of hydrogen-bond donors (Lipinski definition) is 2. The maximum Gasteiger partial charge on any atom is 0.257 e. The summed E-state index contributed by atoms with van der Waals surface area (Å²) in [7, 11) is 0. The molecule has 0 saturated heterocycles. The molecular formula is C22H23N3O2. The summed E-state index contributed by atoms with van der Waals surface area (Å²) < 4.78 is 5.60. The van der Waals surface area contributed by atoms with Crippen molar-refractivity contribution in [3.63, 3.8) is 0 Å². The largest absolute Gasteiger partial charge is 0.492 e. The summed E-state index contributed by atoms with van der Waals surface area (Å²) in [5.41, 5.74) is 3.33. The van der Waals surface area contributed by atoms with Crippen LogP contribution in [0, 0.1) is 0 Å². The molecule has 0 bridgehead atoms. The Labute approximate surface area is 159 Å². The molecule has 0 atom stereocenters. The lowest BCUT2D eigenvalue weighted by Crippen LogP contribution is -2.12. The highest BCUT2D eigenvalue weighted by molar-refractivity contribution is 6.04. The molecule has 0 radical (unpaired) electrons. The number of carbonyl (C=O) groups excluding carboxylic acids is 1. The molecule has 1 heterocycles. The Balaban J connectivity index is 1.66. The van der Waals surface area contributed by atoms with E-state index in [0.717, 1.165) is 23.5 Å². The van der Waals surface area contributed by atoms with Crippen molar-refractivity contribution < 1.29 is 9.53 Å². The molecule has 0 aliphatic rings. The highest BCUT2D eigenvalue weighted by Crippen LogP contribution is 2.26. The number of carbonyl (C=O) groups is 1.